The molecule has 1 aromatic heterocycles. The third kappa shape index (κ3) is 3.14. The molecule has 0 aliphatic heterocycles. The Morgan fingerprint density at radius 2 is 2.10 bits per heavy atom. The fourth-order valence-corrected chi connectivity index (χ4v) is 1.96. The van der Waals surface area contributed by atoms with Crippen molar-refractivity contribution in [2.45, 2.75) is 39.5 Å². The predicted molar refractivity (Wildman–Crippen MR) is 73.7 cm³/mol. The van der Waals surface area contributed by atoms with E-state index in [2.05, 4.69) is 10.1 Å². The molecule has 0 saturated carbocycles. The summed E-state index contributed by atoms with van der Waals surface area (Å²) in [6, 6.07) is 4.24. The van der Waals surface area contributed by atoms with E-state index in [0.29, 0.717) is 11.3 Å². The second-order valence-electron chi connectivity index (χ2n) is 4.97. The Morgan fingerprint density at radius 3 is 2.75 bits per heavy atom. The lowest BCUT2D eigenvalue weighted by Gasteiger charge is -2.15. The number of rotatable bonds is 5. The van der Waals surface area contributed by atoms with Crippen molar-refractivity contribution in [3.05, 3.63) is 41.7 Å². The van der Waals surface area contributed by atoms with Gasteiger partial charge in [0.2, 0.25) is 0 Å². The van der Waals surface area contributed by atoms with Crippen molar-refractivity contribution >= 4 is 0 Å². The molecule has 0 fully saturated rings. The van der Waals surface area contributed by atoms with E-state index in [-0.39, 0.29) is 24.5 Å². The Kier molecular flexibility index (Phi) is 4.34. The third-order valence-electron chi connectivity index (χ3n) is 2.96. The maximum absolute atomic E-state index is 13.3. The summed E-state index contributed by atoms with van der Waals surface area (Å²) in [4.78, 5) is 4.17. The molecule has 5 nitrogen and oxygen atoms in total. The molecule has 0 aliphatic carbocycles. The van der Waals surface area contributed by atoms with Gasteiger partial charge < -0.3 is 10.5 Å². The highest BCUT2D eigenvalue weighted by atomic mass is 19.1. The van der Waals surface area contributed by atoms with Crippen LogP contribution in [-0.4, -0.2) is 14.8 Å². The van der Waals surface area contributed by atoms with Crippen LogP contribution in [-0.2, 0) is 6.61 Å². The summed E-state index contributed by atoms with van der Waals surface area (Å²) < 4.78 is 20.8. The number of halogens is 1. The van der Waals surface area contributed by atoms with Crippen molar-refractivity contribution in [2.75, 3.05) is 0 Å². The van der Waals surface area contributed by atoms with E-state index in [9.17, 15) is 4.39 Å². The van der Waals surface area contributed by atoms with Crippen LogP contribution < -0.4 is 10.5 Å². The van der Waals surface area contributed by atoms with E-state index in [1.165, 1.54) is 18.5 Å². The highest BCUT2D eigenvalue weighted by Crippen LogP contribution is 2.25. The van der Waals surface area contributed by atoms with E-state index in [4.69, 9.17) is 10.5 Å². The molecule has 2 aromatic rings. The fourth-order valence-electron chi connectivity index (χ4n) is 1.96. The topological polar surface area (TPSA) is 66.0 Å². The summed E-state index contributed by atoms with van der Waals surface area (Å²) in [5.74, 6) is 0.967. The van der Waals surface area contributed by atoms with Gasteiger partial charge in [-0.2, -0.15) is 5.10 Å². The first-order valence-electron chi connectivity index (χ1n) is 6.55. The third-order valence-corrected chi connectivity index (χ3v) is 2.96. The van der Waals surface area contributed by atoms with Gasteiger partial charge in [-0.1, -0.05) is 0 Å². The normalized spacial score (nSPS) is 12.7. The molecule has 108 valence electrons. The molecule has 2 N–H and O–H groups in total. The molecule has 0 bridgehead atoms. The van der Waals surface area contributed by atoms with E-state index in [0.717, 1.165) is 5.82 Å². The van der Waals surface area contributed by atoms with Crippen LogP contribution in [0.3, 0.4) is 0 Å². The Bertz CT molecular complexity index is 580. The van der Waals surface area contributed by atoms with Crippen molar-refractivity contribution < 1.29 is 9.13 Å². The summed E-state index contributed by atoms with van der Waals surface area (Å²) in [7, 11) is 0. The van der Waals surface area contributed by atoms with E-state index in [1.54, 1.807) is 17.7 Å². The minimum Gasteiger partial charge on any atom is -0.485 e. The van der Waals surface area contributed by atoms with Gasteiger partial charge in [0, 0.05) is 17.6 Å². The van der Waals surface area contributed by atoms with Crippen LogP contribution in [0.15, 0.2) is 24.5 Å². The Labute approximate surface area is 117 Å². The Morgan fingerprint density at radius 1 is 1.35 bits per heavy atom. The second-order valence-corrected chi connectivity index (χ2v) is 4.97. The smallest absolute Gasteiger partial charge is 0.165 e. The summed E-state index contributed by atoms with van der Waals surface area (Å²) in [5.41, 5.74) is 6.47. The average molecular weight is 278 g/mol. The van der Waals surface area contributed by atoms with Crippen LogP contribution in [0.4, 0.5) is 4.39 Å². The van der Waals surface area contributed by atoms with Gasteiger partial charge in [-0.15, -0.1) is 0 Å². The minimum atomic E-state index is -0.324. The summed E-state index contributed by atoms with van der Waals surface area (Å²) in [6.07, 6.45) is 1.50. The van der Waals surface area contributed by atoms with Crippen LogP contribution in [0.5, 0.6) is 5.75 Å². The molecule has 0 saturated heterocycles. The van der Waals surface area contributed by atoms with Crippen LogP contribution in [0.1, 0.15) is 44.2 Å². The van der Waals surface area contributed by atoms with Crippen molar-refractivity contribution in [3.63, 3.8) is 0 Å². The van der Waals surface area contributed by atoms with Gasteiger partial charge in [0.15, 0.2) is 5.82 Å². The molecule has 2 rings (SSSR count). The van der Waals surface area contributed by atoms with Crippen molar-refractivity contribution in [1.82, 2.24) is 14.8 Å². The zero-order chi connectivity index (χ0) is 14.7. The summed E-state index contributed by atoms with van der Waals surface area (Å²) in [5, 5.41) is 4.14. The first kappa shape index (κ1) is 14.5. The predicted octanol–water partition coefficient (Wildman–Crippen LogP) is 2.60. The van der Waals surface area contributed by atoms with Crippen LogP contribution >= 0.6 is 0 Å². The zero-order valence-electron chi connectivity index (χ0n) is 11.9. The highest BCUT2D eigenvalue weighted by molar-refractivity contribution is 5.36. The summed E-state index contributed by atoms with van der Waals surface area (Å²) in [6.45, 7) is 6.09. The number of nitrogens with zero attached hydrogens (tertiary/aromatic N) is 3. The lowest BCUT2D eigenvalue weighted by Crippen LogP contribution is -2.12. The van der Waals surface area contributed by atoms with E-state index in [1.807, 2.05) is 13.8 Å². The quantitative estimate of drug-likeness (QED) is 0.913. The van der Waals surface area contributed by atoms with E-state index >= 15 is 0 Å². The first-order valence-corrected chi connectivity index (χ1v) is 6.55. The van der Waals surface area contributed by atoms with Crippen molar-refractivity contribution in [3.8, 4) is 5.75 Å². The molecule has 0 amide bonds. The number of aromatic nitrogens is 3. The maximum Gasteiger partial charge on any atom is 0.165 e. The molecule has 0 radical (unpaired) electrons. The van der Waals surface area contributed by atoms with Gasteiger partial charge in [-0.05, 0) is 39.0 Å². The highest BCUT2D eigenvalue weighted by Gasteiger charge is 2.12. The lowest BCUT2D eigenvalue weighted by atomic mass is 10.1. The maximum atomic E-state index is 13.3. The number of hydrogen-bond acceptors (Lipinski definition) is 4. The molecule has 0 spiro atoms. The standard InChI is InChI=1S/C14H19FN4O/c1-9(2)19-14(17-8-18-19)7-20-13-5-4-11(15)6-12(13)10(3)16/h4-6,8-10H,7,16H2,1-3H3. The molecule has 0 aliphatic rings. The molecule has 1 aromatic carbocycles. The van der Waals surface area contributed by atoms with E-state index < -0.39 is 0 Å². The van der Waals surface area contributed by atoms with Gasteiger partial charge in [-0.3, -0.25) is 0 Å². The van der Waals surface area contributed by atoms with Gasteiger partial charge in [0.1, 0.15) is 24.5 Å². The largest absolute Gasteiger partial charge is 0.485 e. The van der Waals surface area contributed by atoms with Crippen molar-refractivity contribution in [2.24, 2.45) is 5.73 Å². The molecule has 1 heterocycles. The second kappa shape index (κ2) is 6.00. The minimum absolute atomic E-state index is 0.206. The van der Waals surface area contributed by atoms with Gasteiger partial charge >= 0.3 is 0 Å². The molecule has 1 unspecified atom stereocenters. The van der Waals surface area contributed by atoms with Crippen LogP contribution in [0.25, 0.3) is 0 Å². The number of benzene rings is 1. The molecular formula is C14H19FN4O. The zero-order valence-corrected chi connectivity index (χ0v) is 11.9. The Balaban J connectivity index is 2.17. The molecule has 20 heavy (non-hydrogen) atoms. The molecule has 1 atom stereocenters. The fraction of sp³-hybridized carbons (Fsp3) is 0.429. The average Bonchev–Trinajstić information content (AvgIpc) is 2.85. The molecular weight excluding hydrogens is 259 g/mol. The van der Waals surface area contributed by atoms with Crippen LogP contribution in [0, 0.1) is 5.82 Å². The SMILES string of the molecule is CC(N)c1cc(F)ccc1OCc1ncnn1C(C)C. The summed E-state index contributed by atoms with van der Waals surface area (Å²) >= 11 is 0. The number of hydrogen-bond donors (Lipinski definition) is 1. The van der Waals surface area contributed by atoms with Gasteiger partial charge in [0.05, 0.1) is 0 Å². The van der Waals surface area contributed by atoms with Gasteiger partial charge in [0.25, 0.3) is 0 Å². The van der Waals surface area contributed by atoms with Gasteiger partial charge in [-0.25, -0.2) is 14.1 Å². The number of ether oxygens (including phenoxy) is 1. The van der Waals surface area contributed by atoms with Crippen molar-refractivity contribution in [1.29, 1.82) is 0 Å². The monoisotopic (exact) mass is 278 g/mol. The van der Waals surface area contributed by atoms with Crippen LogP contribution in [0.2, 0.25) is 0 Å². The number of nitrogens with two attached hydrogens (primary N) is 1. The first-order chi connectivity index (χ1) is 9.49. The molecule has 6 heteroatoms. The Hall–Kier alpha value is -1.95. The lowest BCUT2D eigenvalue weighted by molar-refractivity contribution is 0.278.